The van der Waals surface area contributed by atoms with Crippen molar-refractivity contribution in [3.05, 3.63) is 38.7 Å². The first kappa shape index (κ1) is 13.9. The molecule has 0 radical (unpaired) electrons. The molecule has 3 rings (SSSR count). The lowest BCUT2D eigenvalue weighted by molar-refractivity contribution is 0.642. The molecular weight excluding hydrogens is 340 g/mol. The molecule has 0 bridgehead atoms. The van der Waals surface area contributed by atoms with Crippen LogP contribution in [0.3, 0.4) is 0 Å². The Morgan fingerprint density at radius 2 is 2.30 bits per heavy atom. The Hall–Kier alpha value is -1.05. The molecule has 1 fully saturated rings. The minimum absolute atomic E-state index is 0.0153. The third kappa shape index (κ3) is 2.70. The van der Waals surface area contributed by atoms with E-state index >= 15 is 0 Å². The van der Waals surface area contributed by atoms with Crippen LogP contribution in [0.5, 0.6) is 0 Å². The number of rotatable bonds is 4. The van der Waals surface area contributed by atoms with Gasteiger partial charge in [0.25, 0.3) is 0 Å². The predicted molar refractivity (Wildman–Crippen MR) is 82.0 cm³/mol. The summed E-state index contributed by atoms with van der Waals surface area (Å²) < 4.78 is 2.73. The van der Waals surface area contributed by atoms with Crippen LogP contribution in [0.4, 0.5) is 0 Å². The Morgan fingerprint density at radius 1 is 1.55 bits per heavy atom. The third-order valence-corrected chi connectivity index (χ3v) is 4.90. The summed E-state index contributed by atoms with van der Waals surface area (Å²) in [6.07, 6.45) is 2.11. The van der Waals surface area contributed by atoms with Crippen LogP contribution in [0.1, 0.15) is 37.4 Å². The van der Waals surface area contributed by atoms with Crippen molar-refractivity contribution in [2.75, 3.05) is 0 Å². The van der Waals surface area contributed by atoms with E-state index in [4.69, 9.17) is 5.73 Å². The lowest BCUT2D eigenvalue weighted by Gasteiger charge is -2.10. The van der Waals surface area contributed by atoms with Crippen LogP contribution in [0.25, 0.3) is 0 Å². The number of hydrogen-bond acceptors (Lipinski definition) is 4. The van der Waals surface area contributed by atoms with Crippen molar-refractivity contribution in [2.24, 2.45) is 5.73 Å². The Balaban J connectivity index is 1.88. The number of aromatic amines is 1. The number of nitrogens with one attached hydrogen (secondary N) is 1. The topological polar surface area (TPSA) is 76.7 Å². The summed E-state index contributed by atoms with van der Waals surface area (Å²) in [7, 11) is 0. The van der Waals surface area contributed by atoms with Crippen LogP contribution in [-0.2, 0) is 0 Å². The van der Waals surface area contributed by atoms with Crippen LogP contribution in [0, 0.1) is 0 Å². The van der Waals surface area contributed by atoms with Gasteiger partial charge in [-0.25, -0.2) is 9.89 Å². The molecule has 0 unspecified atom stereocenters. The molecule has 1 aliphatic rings. The van der Waals surface area contributed by atoms with E-state index in [-0.39, 0.29) is 11.7 Å². The summed E-state index contributed by atoms with van der Waals surface area (Å²) in [5.41, 5.74) is 6.83. The Bertz CT molecular complexity index is 690. The van der Waals surface area contributed by atoms with Crippen LogP contribution >= 0.6 is 27.7 Å². The largest absolute Gasteiger partial charge is 0.344 e. The fraction of sp³-hybridized carbons (Fsp3) is 0.385. The van der Waals surface area contributed by atoms with Gasteiger partial charge in [0, 0.05) is 21.5 Å². The monoisotopic (exact) mass is 354 g/mol. The van der Waals surface area contributed by atoms with Gasteiger partial charge < -0.3 is 5.73 Å². The molecule has 0 spiro atoms. The molecule has 1 atom stereocenters. The molecule has 1 aromatic heterocycles. The average Bonchev–Trinajstić information content (AvgIpc) is 3.15. The highest BCUT2D eigenvalue weighted by Crippen LogP contribution is 2.38. The molecule has 0 aliphatic heterocycles. The zero-order valence-electron chi connectivity index (χ0n) is 11.0. The molecule has 7 heteroatoms. The van der Waals surface area contributed by atoms with Gasteiger partial charge in [-0.2, -0.15) is 0 Å². The number of H-pyrrole nitrogens is 1. The van der Waals surface area contributed by atoms with E-state index < -0.39 is 0 Å². The number of hydrogen-bond donors (Lipinski definition) is 2. The maximum Gasteiger partial charge on any atom is 0.344 e. The van der Waals surface area contributed by atoms with Crippen molar-refractivity contribution in [3.63, 3.8) is 0 Å². The standard InChI is InChI=1S/C13H15BrN4OS/c1-7(15)10-5-4-9(6-11(10)14)20-13-17-16-12(19)18(13)8-2-3-8/h4-8H,2-3,15H2,1H3,(H,16,19)/t7-/m0/s1. The summed E-state index contributed by atoms with van der Waals surface area (Å²) in [4.78, 5) is 12.8. The lowest BCUT2D eigenvalue weighted by atomic mass is 10.1. The lowest BCUT2D eigenvalue weighted by Crippen LogP contribution is -2.16. The molecule has 1 aliphatic carbocycles. The maximum atomic E-state index is 11.7. The average molecular weight is 355 g/mol. The summed E-state index contributed by atoms with van der Waals surface area (Å²) in [6.45, 7) is 1.95. The minimum Gasteiger partial charge on any atom is -0.324 e. The Morgan fingerprint density at radius 3 is 2.90 bits per heavy atom. The number of aromatic nitrogens is 3. The van der Waals surface area contributed by atoms with Crippen molar-refractivity contribution in [2.45, 2.75) is 41.9 Å². The highest BCUT2D eigenvalue weighted by Gasteiger charge is 2.28. The second kappa shape index (κ2) is 5.38. The van der Waals surface area contributed by atoms with Gasteiger partial charge in [-0.3, -0.25) is 4.57 Å². The molecular formula is C13H15BrN4OS. The van der Waals surface area contributed by atoms with Gasteiger partial charge in [-0.05, 0) is 49.2 Å². The van der Waals surface area contributed by atoms with Gasteiger partial charge >= 0.3 is 5.69 Å². The van der Waals surface area contributed by atoms with Crippen LogP contribution in [0.15, 0.2) is 37.5 Å². The van der Waals surface area contributed by atoms with Gasteiger partial charge in [0.1, 0.15) is 0 Å². The van der Waals surface area contributed by atoms with Crippen molar-refractivity contribution in [1.82, 2.24) is 14.8 Å². The SMILES string of the molecule is C[C@H](N)c1ccc(Sc2n[nH]c(=O)n2C2CC2)cc1Br. The summed E-state index contributed by atoms with van der Waals surface area (Å²) in [5.74, 6) is 0. The number of halogens is 1. The van der Waals surface area contributed by atoms with Crippen LogP contribution < -0.4 is 11.4 Å². The molecule has 20 heavy (non-hydrogen) atoms. The Kier molecular flexibility index (Phi) is 3.74. The first-order chi connectivity index (χ1) is 9.56. The van der Waals surface area contributed by atoms with Crippen molar-refractivity contribution in [1.29, 1.82) is 0 Å². The molecule has 106 valence electrons. The van der Waals surface area contributed by atoms with E-state index in [0.717, 1.165) is 32.9 Å². The second-order valence-electron chi connectivity index (χ2n) is 4.99. The first-order valence-electron chi connectivity index (χ1n) is 6.46. The second-order valence-corrected chi connectivity index (χ2v) is 6.88. The summed E-state index contributed by atoms with van der Waals surface area (Å²) >= 11 is 5.02. The zero-order valence-corrected chi connectivity index (χ0v) is 13.4. The highest BCUT2D eigenvalue weighted by molar-refractivity contribution is 9.10. The molecule has 5 nitrogen and oxygen atoms in total. The highest BCUT2D eigenvalue weighted by atomic mass is 79.9. The molecule has 1 saturated carbocycles. The molecule has 2 aromatic rings. The van der Waals surface area contributed by atoms with E-state index in [1.54, 1.807) is 4.57 Å². The van der Waals surface area contributed by atoms with E-state index in [2.05, 4.69) is 26.1 Å². The van der Waals surface area contributed by atoms with Gasteiger partial charge in [-0.1, -0.05) is 22.0 Å². The minimum atomic E-state index is -0.124. The van der Waals surface area contributed by atoms with Gasteiger partial charge in [0.05, 0.1) is 0 Å². The molecule has 3 N–H and O–H groups in total. The molecule has 0 amide bonds. The predicted octanol–water partition coefficient (Wildman–Crippen LogP) is 2.84. The van der Waals surface area contributed by atoms with E-state index in [9.17, 15) is 4.79 Å². The van der Waals surface area contributed by atoms with E-state index in [1.807, 2.05) is 25.1 Å². The molecule has 1 aromatic carbocycles. The van der Waals surface area contributed by atoms with Gasteiger partial charge in [0.15, 0.2) is 5.16 Å². The quantitative estimate of drug-likeness (QED) is 0.884. The molecule has 1 heterocycles. The van der Waals surface area contributed by atoms with Crippen molar-refractivity contribution in [3.8, 4) is 0 Å². The smallest absolute Gasteiger partial charge is 0.324 e. The molecule has 0 saturated heterocycles. The fourth-order valence-corrected chi connectivity index (χ4v) is 3.90. The van der Waals surface area contributed by atoms with Crippen LogP contribution in [-0.4, -0.2) is 14.8 Å². The summed E-state index contributed by atoms with van der Waals surface area (Å²) in [6, 6.07) is 6.32. The zero-order chi connectivity index (χ0) is 14.3. The van der Waals surface area contributed by atoms with Crippen molar-refractivity contribution >= 4 is 27.7 Å². The van der Waals surface area contributed by atoms with Crippen LogP contribution in [0.2, 0.25) is 0 Å². The Labute approximate surface area is 129 Å². The fourth-order valence-electron chi connectivity index (χ4n) is 2.06. The normalized spacial score (nSPS) is 16.4. The van der Waals surface area contributed by atoms with E-state index in [0.29, 0.717) is 6.04 Å². The maximum absolute atomic E-state index is 11.7. The first-order valence-corrected chi connectivity index (χ1v) is 8.07. The number of nitrogens with two attached hydrogens (primary N) is 1. The number of benzene rings is 1. The summed E-state index contributed by atoms with van der Waals surface area (Å²) in [5, 5.41) is 7.36. The van der Waals surface area contributed by atoms with Crippen molar-refractivity contribution < 1.29 is 0 Å². The third-order valence-electron chi connectivity index (χ3n) is 3.26. The van der Waals surface area contributed by atoms with Gasteiger partial charge in [-0.15, -0.1) is 5.10 Å². The van der Waals surface area contributed by atoms with Gasteiger partial charge in [0.2, 0.25) is 0 Å². The number of nitrogens with zero attached hydrogens (tertiary/aromatic N) is 2. The van der Waals surface area contributed by atoms with E-state index in [1.165, 1.54) is 11.8 Å².